The fraction of sp³-hybridized carbons (Fsp3) is 0.476. The Balaban J connectivity index is 1.45. The molecule has 1 aromatic carbocycles. The highest BCUT2D eigenvalue weighted by molar-refractivity contribution is 7.10. The molecule has 2 unspecified atom stereocenters. The summed E-state index contributed by atoms with van der Waals surface area (Å²) >= 11 is 1.77. The van der Waals surface area contributed by atoms with E-state index in [0.717, 1.165) is 45.6 Å². The van der Waals surface area contributed by atoms with Crippen LogP contribution in [0, 0.1) is 0 Å². The van der Waals surface area contributed by atoms with Gasteiger partial charge in [0.2, 0.25) is 5.91 Å². The van der Waals surface area contributed by atoms with Crippen LogP contribution >= 0.6 is 11.3 Å². The van der Waals surface area contributed by atoms with E-state index in [2.05, 4.69) is 45.9 Å². The van der Waals surface area contributed by atoms with Gasteiger partial charge in [-0.2, -0.15) is 0 Å². The zero-order chi connectivity index (χ0) is 17.8. The summed E-state index contributed by atoms with van der Waals surface area (Å²) in [6.07, 6.45) is 3.13. The molecule has 2 atom stereocenters. The van der Waals surface area contributed by atoms with Crippen molar-refractivity contribution in [2.24, 2.45) is 0 Å². The lowest BCUT2D eigenvalue weighted by molar-refractivity contribution is -0.123. The van der Waals surface area contributed by atoms with Gasteiger partial charge in [0.05, 0.1) is 25.2 Å². The Morgan fingerprint density at radius 2 is 2.08 bits per heavy atom. The Morgan fingerprint density at radius 3 is 2.88 bits per heavy atom. The number of benzene rings is 1. The monoisotopic (exact) mass is 370 g/mol. The molecule has 0 saturated carbocycles. The van der Waals surface area contributed by atoms with Gasteiger partial charge < -0.3 is 10.1 Å². The van der Waals surface area contributed by atoms with Crippen LogP contribution < -0.4 is 5.32 Å². The molecule has 0 radical (unpaired) electrons. The van der Waals surface area contributed by atoms with Crippen LogP contribution in [0.3, 0.4) is 0 Å². The number of amides is 1. The van der Waals surface area contributed by atoms with E-state index in [1.165, 1.54) is 16.0 Å². The SMILES string of the molecule is O=C(NCC(c1cccs1)N1CCOCC1)C1CCCc2ccccc21. The first-order chi connectivity index (χ1) is 12.8. The second kappa shape index (κ2) is 8.33. The van der Waals surface area contributed by atoms with Crippen LogP contribution in [0.5, 0.6) is 0 Å². The van der Waals surface area contributed by atoms with E-state index >= 15 is 0 Å². The smallest absolute Gasteiger partial charge is 0.227 e. The quantitative estimate of drug-likeness (QED) is 0.877. The van der Waals surface area contributed by atoms with E-state index in [9.17, 15) is 4.79 Å². The minimum Gasteiger partial charge on any atom is -0.379 e. The van der Waals surface area contributed by atoms with Crippen LogP contribution in [-0.4, -0.2) is 43.7 Å². The first kappa shape index (κ1) is 17.7. The van der Waals surface area contributed by atoms with Crippen molar-refractivity contribution in [3.63, 3.8) is 0 Å². The van der Waals surface area contributed by atoms with E-state index in [1.807, 2.05) is 6.07 Å². The third kappa shape index (κ3) is 3.85. The van der Waals surface area contributed by atoms with Gasteiger partial charge in [0.25, 0.3) is 0 Å². The largest absolute Gasteiger partial charge is 0.379 e. The molecule has 1 aliphatic heterocycles. The van der Waals surface area contributed by atoms with E-state index < -0.39 is 0 Å². The van der Waals surface area contributed by atoms with Crippen LogP contribution in [-0.2, 0) is 16.0 Å². The average Bonchev–Trinajstić information content (AvgIpc) is 3.23. The molecule has 4 nitrogen and oxygen atoms in total. The number of morpholine rings is 1. The van der Waals surface area contributed by atoms with Gasteiger partial charge in [-0.15, -0.1) is 11.3 Å². The molecule has 1 fully saturated rings. The summed E-state index contributed by atoms with van der Waals surface area (Å²) in [5.74, 6) is 0.167. The summed E-state index contributed by atoms with van der Waals surface area (Å²) in [7, 11) is 0. The van der Waals surface area contributed by atoms with Crippen molar-refractivity contribution in [2.45, 2.75) is 31.2 Å². The summed E-state index contributed by atoms with van der Waals surface area (Å²) in [6, 6.07) is 12.9. The van der Waals surface area contributed by atoms with Crippen molar-refractivity contribution in [2.75, 3.05) is 32.8 Å². The number of nitrogens with zero attached hydrogens (tertiary/aromatic N) is 1. The molecular formula is C21H26N2O2S. The number of aryl methyl sites for hydroxylation is 1. The molecule has 1 N–H and O–H groups in total. The fourth-order valence-electron chi connectivity index (χ4n) is 4.13. The topological polar surface area (TPSA) is 41.6 Å². The molecular weight excluding hydrogens is 344 g/mol. The minimum absolute atomic E-state index is 0.00590. The van der Waals surface area contributed by atoms with Crippen LogP contribution in [0.15, 0.2) is 41.8 Å². The number of hydrogen-bond donors (Lipinski definition) is 1. The van der Waals surface area contributed by atoms with Crippen LogP contribution in [0.1, 0.15) is 40.8 Å². The molecule has 1 amide bonds. The molecule has 2 aromatic rings. The van der Waals surface area contributed by atoms with E-state index in [4.69, 9.17) is 4.74 Å². The summed E-state index contributed by atoms with van der Waals surface area (Å²) < 4.78 is 5.50. The Morgan fingerprint density at radius 1 is 1.23 bits per heavy atom. The average molecular weight is 371 g/mol. The maximum Gasteiger partial charge on any atom is 0.227 e. The summed E-state index contributed by atoms with van der Waals surface area (Å²) in [5, 5.41) is 5.38. The van der Waals surface area contributed by atoms with Gasteiger partial charge in [-0.3, -0.25) is 9.69 Å². The predicted molar refractivity (Wildman–Crippen MR) is 105 cm³/mol. The number of thiophene rings is 1. The lowest BCUT2D eigenvalue weighted by atomic mass is 9.82. The molecule has 1 aromatic heterocycles. The lowest BCUT2D eigenvalue weighted by Gasteiger charge is -2.34. The highest BCUT2D eigenvalue weighted by Gasteiger charge is 2.28. The Hall–Kier alpha value is -1.69. The first-order valence-electron chi connectivity index (χ1n) is 9.53. The Kier molecular flexibility index (Phi) is 5.68. The molecule has 26 heavy (non-hydrogen) atoms. The van der Waals surface area contributed by atoms with Gasteiger partial charge in [0.1, 0.15) is 0 Å². The molecule has 1 saturated heterocycles. The van der Waals surface area contributed by atoms with Crippen molar-refractivity contribution in [3.8, 4) is 0 Å². The van der Waals surface area contributed by atoms with Gasteiger partial charge in [-0.05, 0) is 41.8 Å². The third-order valence-corrected chi connectivity index (χ3v) is 6.49. The van der Waals surface area contributed by atoms with Crippen molar-refractivity contribution in [1.82, 2.24) is 10.2 Å². The van der Waals surface area contributed by atoms with E-state index in [1.54, 1.807) is 11.3 Å². The number of ether oxygens (including phenoxy) is 1. The summed E-state index contributed by atoms with van der Waals surface area (Å²) in [4.78, 5) is 16.7. The van der Waals surface area contributed by atoms with Gasteiger partial charge in [0, 0.05) is 24.5 Å². The van der Waals surface area contributed by atoms with Gasteiger partial charge in [-0.25, -0.2) is 0 Å². The van der Waals surface area contributed by atoms with Crippen LogP contribution in [0.2, 0.25) is 0 Å². The molecule has 4 rings (SSSR count). The number of fused-ring (bicyclic) bond motifs is 1. The second-order valence-electron chi connectivity index (χ2n) is 7.07. The minimum atomic E-state index is -0.00590. The lowest BCUT2D eigenvalue weighted by Crippen LogP contribution is -2.44. The summed E-state index contributed by atoms with van der Waals surface area (Å²) in [6.45, 7) is 4.05. The molecule has 138 valence electrons. The number of carbonyl (C=O) groups is 1. The number of nitrogens with one attached hydrogen (secondary N) is 1. The van der Waals surface area contributed by atoms with Crippen LogP contribution in [0.4, 0.5) is 0 Å². The maximum atomic E-state index is 13.0. The normalized spacial score (nSPS) is 21.8. The molecule has 0 bridgehead atoms. The highest BCUT2D eigenvalue weighted by Crippen LogP contribution is 2.32. The van der Waals surface area contributed by atoms with Gasteiger partial charge in [-0.1, -0.05) is 30.3 Å². The number of carbonyl (C=O) groups excluding carboxylic acids is 1. The Bertz CT molecular complexity index is 725. The zero-order valence-electron chi connectivity index (χ0n) is 15.0. The predicted octanol–water partition coefficient (Wildman–Crippen LogP) is 3.36. The number of rotatable bonds is 5. The van der Waals surface area contributed by atoms with Gasteiger partial charge >= 0.3 is 0 Å². The fourth-order valence-corrected chi connectivity index (χ4v) is 4.99. The zero-order valence-corrected chi connectivity index (χ0v) is 15.8. The Labute approximate surface area is 159 Å². The third-order valence-electron chi connectivity index (χ3n) is 5.51. The second-order valence-corrected chi connectivity index (χ2v) is 8.05. The molecule has 0 spiro atoms. The van der Waals surface area contributed by atoms with E-state index in [-0.39, 0.29) is 17.9 Å². The van der Waals surface area contributed by atoms with Crippen LogP contribution in [0.25, 0.3) is 0 Å². The summed E-state index contributed by atoms with van der Waals surface area (Å²) in [5.41, 5.74) is 2.55. The molecule has 2 aliphatic rings. The van der Waals surface area contributed by atoms with Crippen molar-refractivity contribution in [3.05, 3.63) is 57.8 Å². The van der Waals surface area contributed by atoms with E-state index in [0.29, 0.717) is 6.54 Å². The standard InChI is InChI=1S/C21H26N2O2S/c24-21(18-8-3-6-16-5-1-2-7-17(16)18)22-15-19(20-9-4-14-26-20)23-10-12-25-13-11-23/h1-2,4-5,7,9,14,18-19H,3,6,8,10-13,15H2,(H,22,24). The van der Waals surface area contributed by atoms with Crippen molar-refractivity contribution < 1.29 is 9.53 Å². The van der Waals surface area contributed by atoms with Crippen molar-refractivity contribution in [1.29, 1.82) is 0 Å². The molecule has 1 aliphatic carbocycles. The first-order valence-corrected chi connectivity index (χ1v) is 10.4. The highest BCUT2D eigenvalue weighted by atomic mass is 32.1. The van der Waals surface area contributed by atoms with Crippen molar-refractivity contribution >= 4 is 17.2 Å². The molecule has 5 heteroatoms. The van der Waals surface area contributed by atoms with Gasteiger partial charge in [0.15, 0.2) is 0 Å². The maximum absolute atomic E-state index is 13.0. The number of hydrogen-bond acceptors (Lipinski definition) is 4. The molecule has 2 heterocycles.